The van der Waals surface area contributed by atoms with E-state index in [2.05, 4.69) is 30.4 Å². The van der Waals surface area contributed by atoms with Crippen LogP contribution in [0.25, 0.3) is 11.3 Å². The normalized spacial score (nSPS) is 23.5. The average molecular weight is 425 g/mol. The molecule has 2 aliphatic rings. The summed E-state index contributed by atoms with van der Waals surface area (Å²) in [6.07, 6.45) is 7.56. The number of hydrogen-bond acceptors (Lipinski definition) is 6. The van der Waals surface area contributed by atoms with Crippen LogP contribution in [0.15, 0.2) is 48.9 Å². The summed E-state index contributed by atoms with van der Waals surface area (Å²) in [5, 5.41) is 12.5. The highest BCUT2D eigenvalue weighted by molar-refractivity contribution is 6.33. The molecule has 1 aromatic carbocycles. The van der Waals surface area contributed by atoms with Crippen LogP contribution in [0, 0.1) is 17.7 Å². The van der Waals surface area contributed by atoms with Gasteiger partial charge < -0.3 is 5.32 Å². The molecule has 8 heteroatoms. The summed E-state index contributed by atoms with van der Waals surface area (Å²) in [4.78, 5) is 11.0. The van der Waals surface area contributed by atoms with Crippen LogP contribution in [0.4, 0.5) is 10.2 Å². The summed E-state index contributed by atoms with van der Waals surface area (Å²) in [7, 11) is 0. The van der Waals surface area contributed by atoms with Gasteiger partial charge in [0, 0.05) is 49.8 Å². The Morgan fingerprint density at radius 3 is 2.60 bits per heavy atom. The number of nitrogens with zero attached hydrogens (tertiary/aromatic N) is 5. The number of fused-ring (bicyclic) bond motifs is 1. The number of benzene rings is 1. The SMILES string of the molecule is Fc1ccc(Cl)c(-c2ccc(NC3C[C@@H]4CN(Cc5cnccn5)C[C@@H]4C3)nn2)c1. The monoisotopic (exact) mass is 424 g/mol. The molecule has 2 fully saturated rings. The maximum absolute atomic E-state index is 13.5. The molecule has 0 spiro atoms. The molecule has 1 N–H and O–H groups in total. The van der Waals surface area contributed by atoms with Gasteiger partial charge in [0.05, 0.1) is 16.4 Å². The fourth-order valence-electron chi connectivity index (χ4n) is 4.74. The Balaban J connectivity index is 1.17. The zero-order valence-corrected chi connectivity index (χ0v) is 17.1. The lowest BCUT2D eigenvalue weighted by molar-refractivity contribution is 0.297. The second-order valence-corrected chi connectivity index (χ2v) is 8.56. The molecule has 2 aromatic heterocycles. The number of aromatic nitrogens is 4. The molecule has 30 heavy (non-hydrogen) atoms. The van der Waals surface area contributed by atoms with Crippen molar-refractivity contribution in [1.29, 1.82) is 0 Å². The summed E-state index contributed by atoms with van der Waals surface area (Å²) < 4.78 is 13.5. The van der Waals surface area contributed by atoms with E-state index < -0.39 is 0 Å². The van der Waals surface area contributed by atoms with Crippen LogP contribution in [0.3, 0.4) is 0 Å². The van der Waals surface area contributed by atoms with E-state index in [-0.39, 0.29) is 5.82 Å². The first-order chi connectivity index (χ1) is 14.6. The third kappa shape index (κ3) is 4.13. The van der Waals surface area contributed by atoms with Crippen molar-refractivity contribution in [2.75, 3.05) is 18.4 Å². The van der Waals surface area contributed by atoms with E-state index in [0.717, 1.165) is 44.0 Å². The van der Waals surface area contributed by atoms with Gasteiger partial charge in [-0.2, -0.15) is 0 Å². The Morgan fingerprint density at radius 1 is 1.07 bits per heavy atom. The van der Waals surface area contributed by atoms with Gasteiger partial charge in [-0.1, -0.05) is 11.6 Å². The maximum atomic E-state index is 13.5. The highest BCUT2D eigenvalue weighted by Gasteiger charge is 2.40. The van der Waals surface area contributed by atoms with Gasteiger partial charge in [0.2, 0.25) is 0 Å². The molecule has 1 aliphatic heterocycles. The smallest absolute Gasteiger partial charge is 0.148 e. The van der Waals surface area contributed by atoms with E-state index in [1.54, 1.807) is 12.4 Å². The van der Waals surface area contributed by atoms with Crippen LogP contribution >= 0.6 is 11.6 Å². The maximum Gasteiger partial charge on any atom is 0.148 e. The standard InChI is InChI=1S/C22H22ClFN6/c23-20-2-1-16(24)9-19(20)21-3-4-22(29-28-21)27-17-7-14-11-30(12-15(14)8-17)13-18-10-25-5-6-26-18/h1-6,9-10,14-15,17H,7-8,11-13H2,(H,27,29)/t14-,15+,17?. The third-order valence-electron chi connectivity index (χ3n) is 6.05. The number of hydrogen-bond donors (Lipinski definition) is 1. The summed E-state index contributed by atoms with van der Waals surface area (Å²) in [5.41, 5.74) is 2.14. The van der Waals surface area contributed by atoms with Crippen molar-refractivity contribution >= 4 is 17.4 Å². The second kappa shape index (κ2) is 8.24. The lowest BCUT2D eigenvalue weighted by atomic mass is 10.0. The zero-order valence-electron chi connectivity index (χ0n) is 16.4. The van der Waals surface area contributed by atoms with Crippen molar-refractivity contribution < 1.29 is 4.39 Å². The first-order valence-corrected chi connectivity index (χ1v) is 10.5. The first kappa shape index (κ1) is 19.3. The van der Waals surface area contributed by atoms with E-state index in [0.29, 0.717) is 34.2 Å². The topological polar surface area (TPSA) is 66.8 Å². The fraction of sp³-hybridized carbons (Fsp3) is 0.364. The van der Waals surface area contributed by atoms with Crippen LogP contribution in [-0.2, 0) is 6.54 Å². The molecule has 1 aliphatic carbocycles. The molecule has 3 aromatic rings. The van der Waals surface area contributed by atoms with Gasteiger partial charge in [-0.15, -0.1) is 10.2 Å². The molecule has 0 amide bonds. The molecule has 154 valence electrons. The summed E-state index contributed by atoms with van der Waals surface area (Å²) in [5.74, 6) is 1.78. The minimum absolute atomic E-state index is 0.343. The van der Waals surface area contributed by atoms with Gasteiger partial charge in [-0.05, 0) is 55.0 Å². The van der Waals surface area contributed by atoms with Gasteiger partial charge in [0.25, 0.3) is 0 Å². The predicted molar refractivity (Wildman–Crippen MR) is 113 cm³/mol. The van der Waals surface area contributed by atoms with Gasteiger partial charge in [-0.3, -0.25) is 14.9 Å². The molecular formula is C22H22ClFN6. The van der Waals surface area contributed by atoms with Crippen molar-refractivity contribution in [3.63, 3.8) is 0 Å². The summed E-state index contributed by atoms with van der Waals surface area (Å²) >= 11 is 6.16. The van der Waals surface area contributed by atoms with Gasteiger partial charge in [0.15, 0.2) is 0 Å². The molecule has 0 bridgehead atoms. The summed E-state index contributed by atoms with van der Waals surface area (Å²) in [6, 6.07) is 8.36. The lowest BCUT2D eigenvalue weighted by Gasteiger charge is -2.19. The quantitative estimate of drug-likeness (QED) is 0.666. The van der Waals surface area contributed by atoms with E-state index >= 15 is 0 Å². The van der Waals surface area contributed by atoms with E-state index in [1.165, 1.54) is 18.2 Å². The van der Waals surface area contributed by atoms with Crippen molar-refractivity contribution in [3.05, 3.63) is 65.5 Å². The van der Waals surface area contributed by atoms with Crippen molar-refractivity contribution in [3.8, 4) is 11.3 Å². The van der Waals surface area contributed by atoms with E-state index in [9.17, 15) is 4.39 Å². The minimum Gasteiger partial charge on any atom is -0.366 e. The Bertz CT molecular complexity index is 1000. The highest BCUT2D eigenvalue weighted by Crippen LogP contribution is 2.39. The molecule has 1 unspecified atom stereocenters. The first-order valence-electron chi connectivity index (χ1n) is 10.2. The molecular weight excluding hydrogens is 403 g/mol. The molecule has 5 rings (SSSR count). The van der Waals surface area contributed by atoms with Crippen LogP contribution < -0.4 is 5.32 Å². The van der Waals surface area contributed by atoms with Crippen molar-refractivity contribution in [2.45, 2.75) is 25.4 Å². The van der Waals surface area contributed by atoms with Gasteiger partial charge >= 0.3 is 0 Å². The highest BCUT2D eigenvalue weighted by atomic mass is 35.5. The largest absolute Gasteiger partial charge is 0.366 e. The van der Waals surface area contributed by atoms with Crippen LogP contribution in [0.1, 0.15) is 18.5 Å². The molecule has 0 radical (unpaired) electrons. The predicted octanol–water partition coefficient (Wildman–Crippen LogP) is 4.05. The Labute approximate surface area is 179 Å². The molecule has 1 saturated carbocycles. The number of rotatable bonds is 5. The van der Waals surface area contributed by atoms with E-state index in [4.69, 9.17) is 11.6 Å². The Kier molecular flexibility index (Phi) is 5.31. The van der Waals surface area contributed by atoms with Crippen molar-refractivity contribution in [2.24, 2.45) is 11.8 Å². The molecule has 3 heterocycles. The third-order valence-corrected chi connectivity index (χ3v) is 6.38. The second-order valence-electron chi connectivity index (χ2n) is 8.15. The number of nitrogens with one attached hydrogen (secondary N) is 1. The summed E-state index contributed by atoms with van der Waals surface area (Å²) in [6.45, 7) is 3.07. The average Bonchev–Trinajstić information content (AvgIpc) is 3.29. The Hall–Kier alpha value is -2.64. The molecule has 3 atom stereocenters. The minimum atomic E-state index is -0.343. The Morgan fingerprint density at radius 2 is 1.90 bits per heavy atom. The van der Waals surface area contributed by atoms with Gasteiger partial charge in [0.1, 0.15) is 11.6 Å². The lowest BCUT2D eigenvalue weighted by Crippen LogP contribution is -2.25. The molecule has 6 nitrogen and oxygen atoms in total. The van der Waals surface area contributed by atoms with Crippen LogP contribution in [0.2, 0.25) is 5.02 Å². The number of halogens is 2. The molecule has 1 saturated heterocycles. The zero-order chi connectivity index (χ0) is 20.5. The fourth-order valence-corrected chi connectivity index (χ4v) is 4.95. The van der Waals surface area contributed by atoms with Crippen molar-refractivity contribution in [1.82, 2.24) is 25.1 Å². The van der Waals surface area contributed by atoms with Crippen LogP contribution in [-0.4, -0.2) is 44.2 Å². The van der Waals surface area contributed by atoms with E-state index in [1.807, 2.05) is 18.3 Å². The van der Waals surface area contributed by atoms with Gasteiger partial charge in [-0.25, -0.2) is 4.39 Å². The van der Waals surface area contributed by atoms with Crippen LogP contribution in [0.5, 0.6) is 0 Å². The number of anilines is 1. The number of likely N-dealkylation sites (tertiary alicyclic amines) is 1.